The molecule has 0 aromatic carbocycles. The summed E-state index contributed by atoms with van der Waals surface area (Å²) in [7, 11) is 0. The summed E-state index contributed by atoms with van der Waals surface area (Å²) in [5, 5.41) is 0. The van der Waals surface area contributed by atoms with E-state index in [4.69, 9.17) is 0 Å². The maximum atomic E-state index is 11.7. The zero-order valence-corrected chi connectivity index (χ0v) is 12.3. The lowest BCUT2D eigenvalue weighted by molar-refractivity contribution is -0.120. The Morgan fingerprint density at radius 1 is 1.33 bits per heavy atom. The fraction of sp³-hybridized carbons (Fsp3) is 0.938. The van der Waals surface area contributed by atoms with Crippen LogP contribution in [0.25, 0.3) is 0 Å². The lowest BCUT2D eigenvalue weighted by Crippen LogP contribution is -2.44. The molecule has 0 aromatic heterocycles. The Morgan fingerprint density at radius 3 is 2.56 bits per heavy atom. The summed E-state index contributed by atoms with van der Waals surface area (Å²) < 4.78 is 0. The Labute approximate surface area is 112 Å². The maximum absolute atomic E-state index is 11.7. The summed E-state index contributed by atoms with van der Waals surface area (Å²) in [5.41, 5.74) is -0.0326. The lowest BCUT2D eigenvalue weighted by Gasteiger charge is -2.40. The van der Waals surface area contributed by atoms with Crippen LogP contribution in [0.4, 0.5) is 0 Å². The van der Waals surface area contributed by atoms with E-state index in [1.807, 2.05) is 0 Å². The predicted octanol–water partition coefficient (Wildman–Crippen LogP) is 3.50. The van der Waals surface area contributed by atoms with Crippen molar-refractivity contribution >= 4 is 6.29 Å². The van der Waals surface area contributed by atoms with Crippen molar-refractivity contribution in [1.82, 2.24) is 4.90 Å². The number of nitrogens with zero attached hydrogens (tertiary/aromatic N) is 1. The zero-order chi connectivity index (χ0) is 13.2. The maximum Gasteiger partial charge on any atom is 0.127 e. The normalized spacial score (nSPS) is 33.1. The third-order valence-electron chi connectivity index (χ3n) is 4.56. The van der Waals surface area contributed by atoms with E-state index in [1.165, 1.54) is 32.0 Å². The second kappa shape index (κ2) is 5.73. The summed E-state index contributed by atoms with van der Waals surface area (Å²) >= 11 is 0. The number of rotatable bonds is 6. The molecule has 2 unspecified atom stereocenters. The topological polar surface area (TPSA) is 20.3 Å². The van der Waals surface area contributed by atoms with E-state index >= 15 is 0 Å². The van der Waals surface area contributed by atoms with Crippen LogP contribution in [0, 0.1) is 17.3 Å². The first-order valence-corrected chi connectivity index (χ1v) is 7.75. The van der Waals surface area contributed by atoms with Gasteiger partial charge in [0.1, 0.15) is 6.29 Å². The van der Waals surface area contributed by atoms with Crippen LogP contribution in [0.15, 0.2) is 0 Å². The van der Waals surface area contributed by atoms with Gasteiger partial charge in [-0.15, -0.1) is 0 Å². The van der Waals surface area contributed by atoms with Crippen molar-refractivity contribution in [1.29, 1.82) is 0 Å². The van der Waals surface area contributed by atoms with Gasteiger partial charge in [-0.2, -0.15) is 0 Å². The van der Waals surface area contributed by atoms with Gasteiger partial charge in [-0.1, -0.05) is 33.6 Å². The van der Waals surface area contributed by atoms with Crippen molar-refractivity contribution in [3.8, 4) is 0 Å². The molecule has 0 radical (unpaired) electrons. The lowest BCUT2D eigenvalue weighted by atomic mass is 9.70. The highest BCUT2D eigenvalue weighted by Gasteiger charge is 2.40. The van der Waals surface area contributed by atoms with Gasteiger partial charge in [0.2, 0.25) is 0 Å². The van der Waals surface area contributed by atoms with E-state index in [1.54, 1.807) is 0 Å². The van der Waals surface area contributed by atoms with Gasteiger partial charge >= 0.3 is 0 Å². The summed E-state index contributed by atoms with van der Waals surface area (Å²) in [6.45, 7) is 9.05. The molecular weight excluding hydrogens is 222 g/mol. The first-order chi connectivity index (χ1) is 8.54. The quantitative estimate of drug-likeness (QED) is 0.673. The summed E-state index contributed by atoms with van der Waals surface area (Å²) in [5.74, 6) is 1.43. The van der Waals surface area contributed by atoms with Crippen molar-refractivity contribution < 1.29 is 4.79 Å². The van der Waals surface area contributed by atoms with Gasteiger partial charge in [-0.05, 0) is 37.5 Å². The van der Waals surface area contributed by atoms with Gasteiger partial charge in [0, 0.05) is 24.5 Å². The van der Waals surface area contributed by atoms with E-state index in [0.717, 1.165) is 37.9 Å². The number of carbonyl (C=O) groups excluding carboxylic acids is 1. The molecule has 0 aromatic rings. The molecule has 0 bridgehead atoms. The SMILES string of the molecule is CC(C)CN(CC1(C=O)CCCC(C)C1)C1CC1. The fourth-order valence-corrected chi connectivity index (χ4v) is 3.64. The summed E-state index contributed by atoms with van der Waals surface area (Å²) in [6, 6.07) is 0.779. The van der Waals surface area contributed by atoms with E-state index in [-0.39, 0.29) is 5.41 Å². The molecule has 2 nitrogen and oxygen atoms in total. The highest BCUT2D eigenvalue weighted by molar-refractivity contribution is 5.60. The molecule has 104 valence electrons. The molecular formula is C16H29NO. The minimum absolute atomic E-state index is 0.0326. The van der Waals surface area contributed by atoms with E-state index < -0.39 is 0 Å². The molecule has 2 atom stereocenters. The van der Waals surface area contributed by atoms with Crippen LogP contribution >= 0.6 is 0 Å². The van der Waals surface area contributed by atoms with Crippen molar-refractivity contribution in [3.05, 3.63) is 0 Å². The zero-order valence-electron chi connectivity index (χ0n) is 12.3. The monoisotopic (exact) mass is 251 g/mol. The molecule has 2 aliphatic carbocycles. The van der Waals surface area contributed by atoms with Crippen LogP contribution in [0.2, 0.25) is 0 Å². The summed E-state index contributed by atoms with van der Waals surface area (Å²) in [4.78, 5) is 14.3. The molecule has 0 saturated heterocycles. The molecule has 0 heterocycles. The van der Waals surface area contributed by atoms with Gasteiger partial charge < -0.3 is 4.79 Å². The minimum atomic E-state index is -0.0326. The molecule has 18 heavy (non-hydrogen) atoms. The van der Waals surface area contributed by atoms with Gasteiger partial charge in [-0.3, -0.25) is 4.90 Å². The van der Waals surface area contributed by atoms with Crippen LogP contribution in [-0.2, 0) is 4.79 Å². The van der Waals surface area contributed by atoms with Gasteiger partial charge in [0.25, 0.3) is 0 Å². The van der Waals surface area contributed by atoms with Crippen LogP contribution in [0.3, 0.4) is 0 Å². The van der Waals surface area contributed by atoms with Gasteiger partial charge in [-0.25, -0.2) is 0 Å². The Hall–Kier alpha value is -0.370. The third-order valence-corrected chi connectivity index (χ3v) is 4.56. The van der Waals surface area contributed by atoms with Crippen molar-refractivity contribution in [2.24, 2.45) is 17.3 Å². The van der Waals surface area contributed by atoms with E-state index in [0.29, 0.717) is 5.92 Å². The first-order valence-electron chi connectivity index (χ1n) is 7.75. The summed E-state index contributed by atoms with van der Waals surface area (Å²) in [6.07, 6.45) is 8.75. The van der Waals surface area contributed by atoms with E-state index in [9.17, 15) is 4.79 Å². The third kappa shape index (κ3) is 3.57. The number of carbonyl (C=O) groups is 1. The van der Waals surface area contributed by atoms with Crippen LogP contribution in [0.5, 0.6) is 0 Å². The molecule has 0 amide bonds. The number of hydrogen-bond donors (Lipinski definition) is 0. The Bertz CT molecular complexity index is 285. The fourth-order valence-electron chi connectivity index (χ4n) is 3.64. The molecule has 0 spiro atoms. The largest absolute Gasteiger partial charge is 0.303 e. The molecule has 2 aliphatic rings. The van der Waals surface area contributed by atoms with Gasteiger partial charge in [0.15, 0.2) is 0 Å². The molecule has 0 aliphatic heterocycles. The number of aldehydes is 1. The van der Waals surface area contributed by atoms with Crippen LogP contribution in [-0.4, -0.2) is 30.3 Å². The van der Waals surface area contributed by atoms with E-state index in [2.05, 4.69) is 25.7 Å². The smallest absolute Gasteiger partial charge is 0.127 e. The minimum Gasteiger partial charge on any atom is -0.303 e. The van der Waals surface area contributed by atoms with Crippen molar-refractivity contribution in [2.75, 3.05) is 13.1 Å². The Balaban J connectivity index is 2.00. The van der Waals surface area contributed by atoms with Gasteiger partial charge in [0.05, 0.1) is 0 Å². The molecule has 2 fully saturated rings. The van der Waals surface area contributed by atoms with Crippen molar-refractivity contribution in [2.45, 2.75) is 65.3 Å². The highest BCUT2D eigenvalue weighted by Crippen LogP contribution is 2.40. The Kier molecular flexibility index (Phi) is 4.47. The van der Waals surface area contributed by atoms with Crippen molar-refractivity contribution in [3.63, 3.8) is 0 Å². The number of hydrogen-bond acceptors (Lipinski definition) is 2. The average molecular weight is 251 g/mol. The van der Waals surface area contributed by atoms with Crippen LogP contribution in [0.1, 0.15) is 59.3 Å². The average Bonchev–Trinajstić information content (AvgIpc) is 3.11. The standard InChI is InChI=1S/C16H29NO/c1-13(2)10-17(15-6-7-15)11-16(12-18)8-4-5-14(3)9-16/h12-15H,4-11H2,1-3H3. The molecule has 2 rings (SSSR count). The molecule has 0 N–H and O–H groups in total. The predicted molar refractivity (Wildman–Crippen MR) is 75.6 cm³/mol. The second-order valence-corrected chi connectivity index (χ2v) is 7.24. The molecule has 2 heteroatoms. The van der Waals surface area contributed by atoms with Crippen LogP contribution < -0.4 is 0 Å². The first kappa shape index (κ1) is 14.0. The molecule has 2 saturated carbocycles. The Morgan fingerprint density at radius 2 is 2.06 bits per heavy atom. The second-order valence-electron chi connectivity index (χ2n) is 7.24. The highest BCUT2D eigenvalue weighted by atomic mass is 16.1.